The molecule has 1 heterocycles. The van der Waals surface area contributed by atoms with Crippen LogP contribution in [-0.2, 0) is 9.53 Å². The van der Waals surface area contributed by atoms with Crippen molar-refractivity contribution in [3.05, 3.63) is 36.0 Å². The van der Waals surface area contributed by atoms with Crippen LogP contribution in [0, 0.1) is 6.92 Å². The Balaban J connectivity index is 1.77. The van der Waals surface area contributed by atoms with Gasteiger partial charge in [-0.15, -0.1) is 0 Å². The number of aromatic nitrogens is 2. The van der Waals surface area contributed by atoms with Crippen LogP contribution in [0.3, 0.4) is 0 Å². The van der Waals surface area contributed by atoms with Gasteiger partial charge in [0, 0.05) is 0 Å². The quantitative estimate of drug-likeness (QED) is 0.691. The van der Waals surface area contributed by atoms with E-state index in [2.05, 4.69) is 10.1 Å². The summed E-state index contributed by atoms with van der Waals surface area (Å²) in [5.74, 6) is 1.56. The zero-order chi connectivity index (χ0) is 16.7. The Morgan fingerprint density at radius 3 is 2.43 bits per heavy atom. The molecule has 0 saturated carbocycles. The molecule has 0 bridgehead atoms. The highest BCUT2D eigenvalue weighted by atomic mass is 16.6. The number of hydrogen-bond donors (Lipinski definition) is 0. The molecule has 0 spiro atoms. The van der Waals surface area contributed by atoms with Gasteiger partial charge < -0.3 is 18.7 Å². The van der Waals surface area contributed by atoms with Crippen LogP contribution in [0.2, 0.25) is 0 Å². The van der Waals surface area contributed by atoms with Crippen LogP contribution in [-0.4, -0.2) is 29.3 Å². The molecule has 124 valence electrons. The smallest absolute Gasteiger partial charge is 0.344 e. The monoisotopic (exact) mass is 320 g/mol. The van der Waals surface area contributed by atoms with Crippen LogP contribution >= 0.6 is 0 Å². The van der Waals surface area contributed by atoms with E-state index in [9.17, 15) is 4.79 Å². The van der Waals surface area contributed by atoms with Gasteiger partial charge in [0.05, 0.1) is 6.61 Å². The van der Waals surface area contributed by atoms with Gasteiger partial charge in [-0.05, 0) is 44.5 Å². The molecule has 0 aliphatic rings. The molecule has 0 fully saturated rings. The first-order valence-corrected chi connectivity index (χ1v) is 7.44. The van der Waals surface area contributed by atoms with Crippen LogP contribution in [0.4, 0.5) is 0 Å². The summed E-state index contributed by atoms with van der Waals surface area (Å²) in [7, 11) is 0. The zero-order valence-corrected chi connectivity index (χ0v) is 13.4. The van der Waals surface area contributed by atoms with E-state index >= 15 is 0 Å². The van der Waals surface area contributed by atoms with Crippen molar-refractivity contribution in [1.29, 1.82) is 0 Å². The third-order valence-corrected chi connectivity index (χ3v) is 2.85. The maximum Gasteiger partial charge on any atom is 0.344 e. The summed E-state index contributed by atoms with van der Waals surface area (Å²) in [4.78, 5) is 15.8. The molecule has 0 amide bonds. The second-order valence-corrected chi connectivity index (χ2v) is 4.92. The highest BCUT2D eigenvalue weighted by Crippen LogP contribution is 2.18. The Morgan fingerprint density at radius 1 is 1.22 bits per heavy atom. The van der Waals surface area contributed by atoms with Crippen LogP contribution in [0.5, 0.6) is 11.5 Å². The van der Waals surface area contributed by atoms with Crippen molar-refractivity contribution in [2.24, 2.45) is 0 Å². The molecule has 1 unspecified atom stereocenters. The summed E-state index contributed by atoms with van der Waals surface area (Å²) >= 11 is 0. The fourth-order valence-electron chi connectivity index (χ4n) is 1.75. The molecule has 0 aliphatic heterocycles. The maximum absolute atomic E-state index is 11.8. The van der Waals surface area contributed by atoms with E-state index in [0.29, 0.717) is 18.2 Å². The Bertz CT molecular complexity index is 624. The van der Waals surface area contributed by atoms with Crippen molar-refractivity contribution in [3.8, 4) is 11.5 Å². The molecular weight excluding hydrogens is 300 g/mol. The van der Waals surface area contributed by atoms with Crippen molar-refractivity contribution in [2.45, 2.75) is 33.3 Å². The summed E-state index contributed by atoms with van der Waals surface area (Å²) in [6.07, 6.45) is 0.332. The third-order valence-electron chi connectivity index (χ3n) is 2.85. The van der Waals surface area contributed by atoms with E-state index in [-0.39, 0.29) is 12.5 Å². The van der Waals surface area contributed by atoms with Gasteiger partial charge in [-0.2, -0.15) is 4.98 Å². The van der Waals surface area contributed by atoms with Crippen molar-refractivity contribution in [2.75, 3.05) is 13.2 Å². The topological polar surface area (TPSA) is 83.7 Å². The lowest BCUT2D eigenvalue weighted by Gasteiger charge is -2.10. The molecule has 7 nitrogen and oxygen atoms in total. The molecule has 0 radical (unpaired) electrons. The first kappa shape index (κ1) is 16.8. The van der Waals surface area contributed by atoms with E-state index in [1.54, 1.807) is 38.1 Å². The highest BCUT2D eigenvalue weighted by molar-refractivity contribution is 5.71. The molecule has 0 N–H and O–H groups in total. The Kier molecular flexibility index (Phi) is 5.96. The molecule has 1 aromatic heterocycles. The number of hydrogen-bond acceptors (Lipinski definition) is 7. The van der Waals surface area contributed by atoms with Gasteiger partial charge in [0.25, 0.3) is 5.89 Å². The van der Waals surface area contributed by atoms with Crippen molar-refractivity contribution >= 4 is 5.97 Å². The maximum atomic E-state index is 11.8. The van der Waals surface area contributed by atoms with Crippen molar-refractivity contribution in [1.82, 2.24) is 10.1 Å². The Morgan fingerprint density at radius 2 is 1.87 bits per heavy atom. The second kappa shape index (κ2) is 8.17. The molecule has 2 aromatic rings. The van der Waals surface area contributed by atoms with Gasteiger partial charge in [-0.1, -0.05) is 12.1 Å². The van der Waals surface area contributed by atoms with E-state index in [0.717, 1.165) is 12.2 Å². The largest absolute Gasteiger partial charge is 0.494 e. The number of benzene rings is 1. The first-order valence-electron chi connectivity index (χ1n) is 7.44. The molecule has 1 atom stereocenters. The van der Waals surface area contributed by atoms with Crippen molar-refractivity contribution in [3.63, 3.8) is 0 Å². The molecule has 0 saturated heterocycles. The highest BCUT2D eigenvalue weighted by Gasteiger charge is 2.18. The fourth-order valence-corrected chi connectivity index (χ4v) is 1.75. The summed E-state index contributed by atoms with van der Waals surface area (Å²) < 4.78 is 20.9. The van der Waals surface area contributed by atoms with Gasteiger partial charge in [-0.3, -0.25) is 0 Å². The average molecular weight is 320 g/mol. The summed E-state index contributed by atoms with van der Waals surface area (Å²) in [6, 6.07) is 7.06. The van der Waals surface area contributed by atoms with Crippen LogP contribution in [0.25, 0.3) is 0 Å². The van der Waals surface area contributed by atoms with E-state index < -0.39 is 12.1 Å². The van der Waals surface area contributed by atoms with Crippen LogP contribution < -0.4 is 9.47 Å². The van der Waals surface area contributed by atoms with Gasteiger partial charge in [-0.25, -0.2) is 4.79 Å². The SMILES string of the molecule is CCCOc1ccc(OCC(=O)OC(C)c2nc(C)no2)cc1. The van der Waals surface area contributed by atoms with E-state index in [1.807, 2.05) is 6.92 Å². The molecule has 2 rings (SSSR count). The molecule has 7 heteroatoms. The Labute approximate surface area is 134 Å². The number of carbonyl (C=O) groups excluding carboxylic acids is 1. The number of aryl methyl sites for hydroxylation is 1. The van der Waals surface area contributed by atoms with E-state index in [1.165, 1.54) is 0 Å². The third kappa shape index (κ3) is 5.28. The standard InChI is InChI=1S/C16H20N2O5/c1-4-9-20-13-5-7-14(8-6-13)21-10-15(19)22-11(2)16-17-12(3)18-23-16/h5-8,11H,4,9-10H2,1-3H3. The number of esters is 1. The molecule has 0 aliphatic carbocycles. The lowest BCUT2D eigenvalue weighted by Crippen LogP contribution is -2.17. The van der Waals surface area contributed by atoms with Gasteiger partial charge in [0.15, 0.2) is 18.5 Å². The predicted octanol–water partition coefficient (Wildman–Crippen LogP) is 2.85. The second-order valence-electron chi connectivity index (χ2n) is 4.92. The van der Waals surface area contributed by atoms with E-state index in [4.69, 9.17) is 18.7 Å². The van der Waals surface area contributed by atoms with Crippen molar-refractivity contribution < 1.29 is 23.5 Å². The number of rotatable bonds is 8. The lowest BCUT2D eigenvalue weighted by atomic mass is 10.3. The first-order chi connectivity index (χ1) is 11.1. The summed E-state index contributed by atoms with van der Waals surface area (Å²) in [5.41, 5.74) is 0. The normalized spacial score (nSPS) is 11.8. The minimum Gasteiger partial charge on any atom is -0.494 e. The molecular formula is C16H20N2O5. The minimum atomic E-state index is -0.614. The Hall–Kier alpha value is -2.57. The molecule has 1 aromatic carbocycles. The fraction of sp³-hybridized carbons (Fsp3) is 0.438. The minimum absolute atomic E-state index is 0.202. The zero-order valence-electron chi connectivity index (χ0n) is 13.4. The number of ether oxygens (including phenoxy) is 3. The summed E-state index contributed by atoms with van der Waals surface area (Å²) in [5, 5.41) is 3.65. The van der Waals surface area contributed by atoms with Gasteiger partial charge in [0.2, 0.25) is 0 Å². The van der Waals surface area contributed by atoms with Gasteiger partial charge >= 0.3 is 5.97 Å². The van der Waals surface area contributed by atoms with Crippen LogP contribution in [0.15, 0.2) is 28.8 Å². The molecule has 23 heavy (non-hydrogen) atoms. The average Bonchev–Trinajstić information content (AvgIpc) is 2.98. The van der Waals surface area contributed by atoms with Gasteiger partial charge in [0.1, 0.15) is 11.5 Å². The summed E-state index contributed by atoms with van der Waals surface area (Å²) in [6.45, 7) is 5.86. The number of carbonyl (C=O) groups is 1. The predicted molar refractivity (Wildman–Crippen MR) is 81.3 cm³/mol. The lowest BCUT2D eigenvalue weighted by molar-refractivity contribution is -0.152. The van der Waals surface area contributed by atoms with Crippen LogP contribution in [0.1, 0.15) is 38.1 Å². The number of nitrogens with zero attached hydrogens (tertiary/aromatic N) is 2.